The van der Waals surface area contributed by atoms with Crippen molar-refractivity contribution in [3.8, 4) is 5.75 Å². The molecule has 3 rings (SSSR count). The number of carbonyl (C=O) groups excluding carboxylic acids is 3. The third-order valence-electron chi connectivity index (χ3n) is 6.51. The molecule has 0 bridgehead atoms. The summed E-state index contributed by atoms with van der Waals surface area (Å²) in [6.07, 6.45) is 4.02. The highest BCUT2D eigenvalue weighted by atomic mass is 32.2. The number of phenolic OH excluding ortho intramolecular Hbond substituents is 1. The van der Waals surface area contributed by atoms with Crippen LogP contribution in [0.15, 0.2) is 54.7 Å². The Morgan fingerprint density at radius 1 is 0.927 bits per heavy atom. The molecule has 0 saturated carbocycles. The molecule has 0 aliphatic carbocycles. The predicted octanol–water partition coefficient (Wildman–Crippen LogP) is 1.21. The van der Waals surface area contributed by atoms with Crippen LogP contribution in [0, 0.1) is 0 Å². The molecule has 0 radical (unpaired) electrons. The number of benzene rings is 2. The smallest absolute Gasteiger partial charge is 0.326 e. The Morgan fingerprint density at radius 3 is 2.22 bits per heavy atom. The quantitative estimate of drug-likeness (QED) is 0.119. The van der Waals surface area contributed by atoms with Crippen LogP contribution in [-0.2, 0) is 32.0 Å². The van der Waals surface area contributed by atoms with Crippen LogP contribution in [-0.4, -0.2) is 80.8 Å². The van der Waals surface area contributed by atoms with Crippen LogP contribution < -0.4 is 21.7 Å². The fourth-order valence-electron chi connectivity index (χ4n) is 4.19. The first-order valence-corrected chi connectivity index (χ1v) is 15.0. The molecular formula is C28H35N5O6S2. The van der Waals surface area contributed by atoms with Gasteiger partial charge in [-0.1, -0.05) is 30.3 Å². The zero-order valence-electron chi connectivity index (χ0n) is 22.5. The van der Waals surface area contributed by atoms with E-state index in [0.717, 1.165) is 10.9 Å². The zero-order valence-corrected chi connectivity index (χ0v) is 24.2. The molecule has 1 heterocycles. The Balaban J connectivity index is 1.77. The highest BCUT2D eigenvalue weighted by Gasteiger charge is 2.30. The number of aromatic amines is 1. The van der Waals surface area contributed by atoms with Crippen molar-refractivity contribution >= 4 is 59.0 Å². The summed E-state index contributed by atoms with van der Waals surface area (Å²) in [4.78, 5) is 54.3. The van der Waals surface area contributed by atoms with Crippen LogP contribution in [0.2, 0.25) is 0 Å². The Kier molecular flexibility index (Phi) is 11.9. The lowest BCUT2D eigenvalue weighted by Gasteiger charge is -2.25. The van der Waals surface area contributed by atoms with Gasteiger partial charge < -0.3 is 36.9 Å². The van der Waals surface area contributed by atoms with E-state index >= 15 is 0 Å². The molecule has 2 aromatic carbocycles. The van der Waals surface area contributed by atoms with E-state index in [0.29, 0.717) is 23.3 Å². The molecule has 8 N–H and O–H groups in total. The summed E-state index contributed by atoms with van der Waals surface area (Å²) >= 11 is 5.73. The lowest BCUT2D eigenvalue weighted by Crippen LogP contribution is -2.58. The molecule has 4 atom stereocenters. The molecule has 1 aromatic heterocycles. The number of thiol groups is 1. The van der Waals surface area contributed by atoms with Crippen LogP contribution in [0.3, 0.4) is 0 Å². The molecule has 0 spiro atoms. The summed E-state index contributed by atoms with van der Waals surface area (Å²) in [5, 5.41) is 28.1. The van der Waals surface area contributed by atoms with E-state index in [1.54, 1.807) is 30.1 Å². The van der Waals surface area contributed by atoms with Crippen LogP contribution in [0.25, 0.3) is 10.9 Å². The number of carboxylic acids is 1. The number of aromatic nitrogens is 1. The van der Waals surface area contributed by atoms with Gasteiger partial charge in [0.05, 0.1) is 6.04 Å². The molecular weight excluding hydrogens is 566 g/mol. The number of thioether (sulfide) groups is 1. The van der Waals surface area contributed by atoms with Gasteiger partial charge in [0.1, 0.15) is 23.9 Å². The number of fused-ring (bicyclic) bond motifs is 1. The standard InChI is InChI=1S/C28H35N5O6S2/c1-41-11-10-20(29)25(35)33-24(15-40)27(37)31-22(12-16-6-8-18(34)9-7-16)26(36)32-23(28(38)39)13-17-14-30-21-5-3-2-4-19(17)21/h2-9,14,20,22-24,30,34,40H,10-13,15,29H2,1H3,(H,31,37)(H,32,36)(H,33,35)(H,38,39). The van der Waals surface area contributed by atoms with Gasteiger partial charge in [-0.15, -0.1) is 0 Å². The maximum atomic E-state index is 13.4. The molecule has 0 saturated heterocycles. The van der Waals surface area contributed by atoms with E-state index in [2.05, 4.69) is 33.6 Å². The summed E-state index contributed by atoms with van der Waals surface area (Å²) in [7, 11) is 0. The van der Waals surface area contributed by atoms with Gasteiger partial charge >= 0.3 is 5.97 Å². The SMILES string of the molecule is CSCCC(N)C(=O)NC(CS)C(=O)NC(Cc1ccc(O)cc1)C(=O)NC(Cc1c[nH]c2ccccc12)C(=O)O. The summed E-state index contributed by atoms with van der Waals surface area (Å²) < 4.78 is 0. The molecule has 13 heteroatoms. The number of phenols is 1. The lowest BCUT2D eigenvalue weighted by atomic mass is 10.0. The van der Waals surface area contributed by atoms with Crippen LogP contribution >= 0.6 is 24.4 Å². The van der Waals surface area contributed by atoms with E-state index in [1.807, 2.05) is 30.5 Å². The lowest BCUT2D eigenvalue weighted by molar-refractivity contribution is -0.142. The number of nitrogens with one attached hydrogen (secondary N) is 4. The number of carboxylic acid groups (broad SMARTS) is 1. The van der Waals surface area contributed by atoms with Gasteiger partial charge in [0.2, 0.25) is 17.7 Å². The summed E-state index contributed by atoms with van der Waals surface area (Å²) in [5.41, 5.74) is 8.08. The molecule has 0 aliphatic rings. The number of para-hydroxylation sites is 1. The first-order chi connectivity index (χ1) is 19.6. The van der Waals surface area contributed by atoms with Crippen molar-refractivity contribution in [2.75, 3.05) is 17.8 Å². The Labute approximate surface area is 247 Å². The average Bonchev–Trinajstić information content (AvgIpc) is 3.37. The first-order valence-electron chi connectivity index (χ1n) is 12.9. The zero-order chi connectivity index (χ0) is 29.9. The number of H-pyrrole nitrogens is 1. The van der Waals surface area contributed by atoms with E-state index < -0.39 is 47.9 Å². The number of aliphatic carboxylic acids is 1. The first kappa shape index (κ1) is 31.8. The van der Waals surface area contributed by atoms with Gasteiger partial charge in [0.15, 0.2) is 0 Å². The monoisotopic (exact) mass is 601 g/mol. The number of hydrogen-bond donors (Lipinski definition) is 8. The van der Waals surface area contributed by atoms with E-state index in [1.165, 1.54) is 12.1 Å². The fourth-order valence-corrected chi connectivity index (χ4v) is 4.94. The minimum Gasteiger partial charge on any atom is -0.508 e. The molecule has 3 aromatic rings. The maximum Gasteiger partial charge on any atom is 0.326 e. The van der Waals surface area contributed by atoms with Crippen molar-refractivity contribution in [3.63, 3.8) is 0 Å². The van der Waals surface area contributed by atoms with Crippen molar-refractivity contribution < 1.29 is 29.4 Å². The van der Waals surface area contributed by atoms with E-state index in [9.17, 15) is 29.4 Å². The topological polar surface area (TPSA) is 187 Å². The third kappa shape index (κ3) is 9.17. The second-order valence-corrected chi connectivity index (χ2v) is 10.9. The summed E-state index contributed by atoms with van der Waals surface area (Å²) in [5.74, 6) is -2.51. The second-order valence-electron chi connectivity index (χ2n) is 9.53. The Hall–Kier alpha value is -3.68. The van der Waals surface area contributed by atoms with Gasteiger partial charge in [-0.05, 0) is 47.8 Å². The average molecular weight is 602 g/mol. The molecule has 11 nitrogen and oxygen atoms in total. The Morgan fingerprint density at radius 2 is 1.56 bits per heavy atom. The van der Waals surface area contributed by atoms with Crippen LogP contribution in [0.1, 0.15) is 17.5 Å². The number of rotatable bonds is 15. The molecule has 0 aliphatic heterocycles. The van der Waals surface area contributed by atoms with Gasteiger partial charge in [0.25, 0.3) is 0 Å². The third-order valence-corrected chi connectivity index (χ3v) is 7.52. The normalized spacial score (nSPS) is 14.0. The molecule has 220 valence electrons. The van der Waals surface area contributed by atoms with E-state index in [-0.39, 0.29) is 24.3 Å². The fraction of sp³-hybridized carbons (Fsp3) is 0.357. The van der Waals surface area contributed by atoms with Crippen molar-refractivity contribution in [1.82, 2.24) is 20.9 Å². The number of hydrogen-bond acceptors (Lipinski definition) is 8. The minimum atomic E-state index is -1.28. The van der Waals surface area contributed by atoms with Crippen molar-refractivity contribution in [2.24, 2.45) is 5.73 Å². The minimum absolute atomic E-state index is 0.00223. The number of nitrogens with two attached hydrogens (primary N) is 1. The highest BCUT2D eigenvalue weighted by molar-refractivity contribution is 7.98. The number of amides is 3. The highest BCUT2D eigenvalue weighted by Crippen LogP contribution is 2.19. The van der Waals surface area contributed by atoms with Gasteiger partial charge in [-0.2, -0.15) is 24.4 Å². The summed E-state index contributed by atoms with van der Waals surface area (Å²) in [6.45, 7) is 0. The van der Waals surface area contributed by atoms with Crippen LogP contribution in [0.4, 0.5) is 0 Å². The molecule has 41 heavy (non-hydrogen) atoms. The van der Waals surface area contributed by atoms with Gasteiger partial charge in [-0.25, -0.2) is 4.79 Å². The second kappa shape index (κ2) is 15.4. The van der Waals surface area contributed by atoms with Crippen molar-refractivity contribution in [2.45, 2.75) is 43.4 Å². The van der Waals surface area contributed by atoms with Crippen molar-refractivity contribution in [3.05, 3.63) is 65.9 Å². The molecule has 0 fully saturated rings. The number of carbonyl (C=O) groups is 4. The Bertz CT molecular complexity index is 1350. The predicted molar refractivity (Wildman–Crippen MR) is 162 cm³/mol. The van der Waals surface area contributed by atoms with Gasteiger partial charge in [0, 0.05) is 35.7 Å². The van der Waals surface area contributed by atoms with Crippen LogP contribution in [0.5, 0.6) is 5.75 Å². The summed E-state index contributed by atoms with van der Waals surface area (Å²) in [6, 6.07) is 9.10. The maximum absolute atomic E-state index is 13.4. The number of aromatic hydroxyl groups is 1. The van der Waals surface area contributed by atoms with E-state index in [4.69, 9.17) is 5.73 Å². The van der Waals surface area contributed by atoms with Crippen molar-refractivity contribution in [1.29, 1.82) is 0 Å². The van der Waals surface area contributed by atoms with Gasteiger partial charge in [-0.3, -0.25) is 14.4 Å². The molecule has 4 unspecified atom stereocenters. The molecule has 3 amide bonds. The largest absolute Gasteiger partial charge is 0.508 e.